The van der Waals surface area contributed by atoms with Crippen molar-refractivity contribution in [2.75, 3.05) is 39.8 Å². The summed E-state index contributed by atoms with van der Waals surface area (Å²) < 4.78 is 5.83. The van der Waals surface area contributed by atoms with E-state index in [4.69, 9.17) is 4.74 Å². The minimum absolute atomic E-state index is 0.395. The molecule has 0 amide bonds. The third-order valence-electron chi connectivity index (χ3n) is 3.35. The Kier molecular flexibility index (Phi) is 3.06. The lowest BCUT2D eigenvalue weighted by atomic mass is 9.96. The molecule has 0 aromatic heterocycles. The van der Waals surface area contributed by atoms with Crippen LogP contribution in [0.5, 0.6) is 0 Å². The fourth-order valence-electron chi connectivity index (χ4n) is 2.73. The topological polar surface area (TPSA) is 15.7 Å². The minimum atomic E-state index is 0.395. The van der Waals surface area contributed by atoms with E-state index in [0.717, 1.165) is 19.7 Å². The highest BCUT2D eigenvalue weighted by Gasteiger charge is 2.39. The molecule has 0 aromatic rings. The number of morpholine rings is 1. The molecule has 3 heteroatoms. The van der Waals surface area contributed by atoms with E-state index in [1.807, 2.05) is 0 Å². The van der Waals surface area contributed by atoms with Crippen molar-refractivity contribution in [3.8, 4) is 0 Å². The molecular formula is C12H24N2O. The van der Waals surface area contributed by atoms with Crippen molar-refractivity contribution in [2.45, 2.75) is 32.9 Å². The second kappa shape index (κ2) is 4.04. The largest absolute Gasteiger partial charge is 0.374 e. The van der Waals surface area contributed by atoms with Gasteiger partial charge in [-0.15, -0.1) is 0 Å². The first-order chi connectivity index (χ1) is 6.96. The fraction of sp³-hybridized carbons (Fsp3) is 1.00. The van der Waals surface area contributed by atoms with Crippen LogP contribution in [0.4, 0.5) is 0 Å². The van der Waals surface area contributed by atoms with E-state index in [2.05, 4.69) is 37.6 Å². The summed E-state index contributed by atoms with van der Waals surface area (Å²) in [6.45, 7) is 12.4. The van der Waals surface area contributed by atoms with Crippen LogP contribution >= 0.6 is 0 Å². The lowest BCUT2D eigenvalue weighted by Crippen LogP contribution is -2.48. The SMILES string of the molecule is CN1CCOC2CN(CC(C)(C)C)CC21. The lowest BCUT2D eigenvalue weighted by molar-refractivity contribution is -0.0371. The van der Waals surface area contributed by atoms with Crippen molar-refractivity contribution in [3.05, 3.63) is 0 Å². The van der Waals surface area contributed by atoms with Crippen molar-refractivity contribution in [2.24, 2.45) is 5.41 Å². The van der Waals surface area contributed by atoms with Crippen LogP contribution < -0.4 is 0 Å². The van der Waals surface area contributed by atoms with Crippen molar-refractivity contribution >= 4 is 0 Å². The first kappa shape index (κ1) is 11.4. The van der Waals surface area contributed by atoms with E-state index in [9.17, 15) is 0 Å². The first-order valence-electron chi connectivity index (χ1n) is 6.00. The van der Waals surface area contributed by atoms with Gasteiger partial charge in [0.05, 0.1) is 12.7 Å². The molecular weight excluding hydrogens is 188 g/mol. The van der Waals surface area contributed by atoms with Crippen LogP contribution in [-0.2, 0) is 4.74 Å². The summed E-state index contributed by atoms with van der Waals surface area (Å²) in [6.07, 6.45) is 0.450. The summed E-state index contributed by atoms with van der Waals surface area (Å²) in [5, 5.41) is 0. The Morgan fingerprint density at radius 3 is 2.60 bits per heavy atom. The van der Waals surface area contributed by atoms with Crippen LogP contribution in [-0.4, -0.2) is 61.8 Å². The summed E-state index contributed by atoms with van der Waals surface area (Å²) in [7, 11) is 2.22. The second-order valence-electron chi connectivity index (χ2n) is 6.21. The van der Waals surface area contributed by atoms with Crippen LogP contribution in [0.15, 0.2) is 0 Å². The zero-order valence-corrected chi connectivity index (χ0v) is 10.5. The van der Waals surface area contributed by atoms with Crippen molar-refractivity contribution in [3.63, 3.8) is 0 Å². The third-order valence-corrected chi connectivity index (χ3v) is 3.35. The summed E-state index contributed by atoms with van der Waals surface area (Å²) in [6, 6.07) is 0.626. The predicted molar refractivity (Wildman–Crippen MR) is 62.1 cm³/mol. The molecule has 0 bridgehead atoms. The monoisotopic (exact) mass is 212 g/mol. The summed E-state index contributed by atoms with van der Waals surface area (Å²) in [5.74, 6) is 0. The Morgan fingerprint density at radius 1 is 1.27 bits per heavy atom. The molecule has 88 valence electrons. The maximum absolute atomic E-state index is 5.83. The Hall–Kier alpha value is -0.120. The highest BCUT2D eigenvalue weighted by molar-refractivity contribution is 4.94. The Balaban J connectivity index is 1.92. The first-order valence-corrected chi connectivity index (χ1v) is 6.00. The molecule has 3 nitrogen and oxygen atoms in total. The Labute approximate surface area is 93.4 Å². The van der Waals surface area contributed by atoms with E-state index >= 15 is 0 Å². The van der Waals surface area contributed by atoms with Gasteiger partial charge in [0.25, 0.3) is 0 Å². The Bertz CT molecular complexity index is 224. The van der Waals surface area contributed by atoms with Crippen molar-refractivity contribution in [1.29, 1.82) is 0 Å². The number of hydrogen-bond donors (Lipinski definition) is 0. The van der Waals surface area contributed by atoms with Crippen molar-refractivity contribution in [1.82, 2.24) is 9.80 Å². The van der Waals surface area contributed by atoms with Gasteiger partial charge in [0.2, 0.25) is 0 Å². The van der Waals surface area contributed by atoms with Gasteiger partial charge in [-0.25, -0.2) is 0 Å². The van der Waals surface area contributed by atoms with Gasteiger partial charge in [-0.1, -0.05) is 20.8 Å². The van der Waals surface area contributed by atoms with Gasteiger partial charge in [-0.05, 0) is 12.5 Å². The number of fused-ring (bicyclic) bond motifs is 1. The second-order valence-corrected chi connectivity index (χ2v) is 6.21. The number of likely N-dealkylation sites (tertiary alicyclic amines) is 1. The lowest BCUT2D eigenvalue weighted by Gasteiger charge is -2.33. The quantitative estimate of drug-likeness (QED) is 0.646. The zero-order valence-electron chi connectivity index (χ0n) is 10.5. The van der Waals surface area contributed by atoms with Gasteiger partial charge in [0.1, 0.15) is 0 Å². The fourth-order valence-corrected chi connectivity index (χ4v) is 2.73. The van der Waals surface area contributed by atoms with E-state index in [-0.39, 0.29) is 0 Å². The molecule has 15 heavy (non-hydrogen) atoms. The molecule has 2 aliphatic rings. The average Bonchev–Trinajstić information content (AvgIpc) is 2.45. The number of nitrogens with zero attached hydrogens (tertiary/aromatic N) is 2. The van der Waals surface area contributed by atoms with Gasteiger partial charge in [-0.2, -0.15) is 0 Å². The van der Waals surface area contributed by atoms with Crippen LogP contribution in [0.2, 0.25) is 0 Å². The van der Waals surface area contributed by atoms with E-state index < -0.39 is 0 Å². The van der Waals surface area contributed by atoms with Gasteiger partial charge in [0, 0.05) is 32.2 Å². The normalized spacial score (nSPS) is 34.4. The van der Waals surface area contributed by atoms with Gasteiger partial charge in [0.15, 0.2) is 0 Å². The van der Waals surface area contributed by atoms with E-state index in [1.165, 1.54) is 13.1 Å². The number of hydrogen-bond acceptors (Lipinski definition) is 3. The summed E-state index contributed by atoms with van der Waals surface area (Å²) in [4.78, 5) is 5.01. The molecule has 2 fully saturated rings. The predicted octanol–water partition coefficient (Wildman–Crippen LogP) is 1.05. The summed E-state index contributed by atoms with van der Waals surface area (Å²) in [5.41, 5.74) is 0.395. The minimum Gasteiger partial charge on any atom is -0.374 e. The van der Waals surface area contributed by atoms with Crippen LogP contribution in [0.3, 0.4) is 0 Å². The molecule has 2 heterocycles. The molecule has 2 rings (SSSR count). The van der Waals surface area contributed by atoms with Crippen LogP contribution in [0.25, 0.3) is 0 Å². The van der Waals surface area contributed by atoms with Gasteiger partial charge >= 0.3 is 0 Å². The van der Waals surface area contributed by atoms with Crippen LogP contribution in [0, 0.1) is 5.41 Å². The Morgan fingerprint density at radius 2 is 2.00 bits per heavy atom. The standard InChI is InChI=1S/C12H24N2O/c1-12(2,3)9-14-7-10-11(8-14)15-6-5-13(10)4/h10-11H,5-9H2,1-4H3. The zero-order chi connectivity index (χ0) is 11.1. The summed E-state index contributed by atoms with van der Waals surface area (Å²) >= 11 is 0. The average molecular weight is 212 g/mol. The van der Waals surface area contributed by atoms with Gasteiger partial charge in [-0.3, -0.25) is 9.80 Å². The molecule has 0 N–H and O–H groups in total. The molecule has 0 aromatic carbocycles. The maximum Gasteiger partial charge on any atom is 0.0869 e. The number of likely N-dealkylation sites (N-methyl/N-ethyl adjacent to an activating group) is 1. The molecule has 0 saturated carbocycles. The molecule has 0 radical (unpaired) electrons. The van der Waals surface area contributed by atoms with E-state index in [1.54, 1.807) is 0 Å². The van der Waals surface area contributed by atoms with Crippen LogP contribution in [0.1, 0.15) is 20.8 Å². The number of rotatable bonds is 1. The highest BCUT2D eigenvalue weighted by atomic mass is 16.5. The third kappa shape index (κ3) is 2.71. The highest BCUT2D eigenvalue weighted by Crippen LogP contribution is 2.25. The van der Waals surface area contributed by atoms with Crippen molar-refractivity contribution < 1.29 is 4.74 Å². The molecule has 2 saturated heterocycles. The molecule has 2 aliphatic heterocycles. The number of ether oxygens (including phenoxy) is 1. The molecule has 2 atom stereocenters. The molecule has 2 unspecified atom stereocenters. The molecule has 0 spiro atoms. The smallest absolute Gasteiger partial charge is 0.0869 e. The van der Waals surface area contributed by atoms with Gasteiger partial charge < -0.3 is 4.74 Å². The van der Waals surface area contributed by atoms with E-state index in [0.29, 0.717) is 17.6 Å². The molecule has 0 aliphatic carbocycles. The maximum atomic E-state index is 5.83.